The lowest BCUT2D eigenvalue weighted by Crippen LogP contribution is -2.30. The lowest BCUT2D eigenvalue weighted by atomic mass is 9.92. The van der Waals surface area contributed by atoms with E-state index in [2.05, 4.69) is 0 Å². The SMILES string of the molecule is C[C@H](C(=O)CC1OCCCO1)[C@H](O)c1ccc([N+](=O)[O-])cc1. The average molecular weight is 309 g/mol. The van der Waals surface area contributed by atoms with Crippen molar-refractivity contribution in [3.8, 4) is 0 Å². The molecular formula is C15H19NO6. The van der Waals surface area contributed by atoms with Crippen molar-refractivity contribution in [1.82, 2.24) is 0 Å². The molecular weight excluding hydrogens is 290 g/mol. The molecule has 0 saturated carbocycles. The number of hydrogen-bond acceptors (Lipinski definition) is 6. The molecule has 1 aliphatic rings. The highest BCUT2D eigenvalue weighted by atomic mass is 16.7. The minimum absolute atomic E-state index is 0.0565. The Balaban J connectivity index is 1.96. The zero-order chi connectivity index (χ0) is 16.1. The molecule has 0 aliphatic carbocycles. The number of carbonyl (C=O) groups is 1. The van der Waals surface area contributed by atoms with Crippen molar-refractivity contribution >= 4 is 11.5 Å². The second-order valence-corrected chi connectivity index (χ2v) is 5.28. The van der Waals surface area contributed by atoms with Crippen LogP contribution in [0.25, 0.3) is 0 Å². The van der Waals surface area contributed by atoms with Crippen LogP contribution in [0.15, 0.2) is 24.3 Å². The maximum atomic E-state index is 12.2. The number of Topliss-reactive ketones (excluding diaryl/α,β-unsaturated/α-hetero) is 1. The lowest BCUT2D eigenvalue weighted by molar-refractivity contribution is -0.384. The third-order valence-electron chi connectivity index (χ3n) is 3.69. The highest BCUT2D eigenvalue weighted by Gasteiger charge is 2.27. The van der Waals surface area contributed by atoms with Crippen molar-refractivity contribution in [1.29, 1.82) is 0 Å². The monoisotopic (exact) mass is 309 g/mol. The number of benzene rings is 1. The van der Waals surface area contributed by atoms with Crippen molar-refractivity contribution in [2.75, 3.05) is 13.2 Å². The zero-order valence-electron chi connectivity index (χ0n) is 12.3. The van der Waals surface area contributed by atoms with Crippen LogP contribution >= 0.6 is 0 Å². The number of non-ortho nitro benzene ring substituents is 1. The Morgan fingerprint density at radius 1 is 1.36 bits per heavy atom. The van der Waals surface area contributed by atoms with Crippen LogP contribution in [0.3, 0.4) is 0 Å². The molecule has 1 aliphatic heterocycles. The van der Waals surface area contributed by atoms with Crippen LogP contribution in [-0.4, -0.2) is 35.3 Å². The predicted octanol–water partition coefficient (Wildman–Crippen LogP) is 1.99. The highest BCUT2D eigenvalue weighted by Crippen LogP contribution is 2.26. The number of ether oxygens (including phenoxy) is 2. The molecule has 7 nitrogen and oxygen atoms in total. The molecule has 1 saturated heterocycles. The zero-order valence-corrected chi connectivity index (χ0v) is 12.3. The van der Waals surface area contributed by atoms with E-state index >= 15 is 0 Å². The Morgan fingerprint density at radius 2 is 1.95 bits per heavy atom. The summed E-state index contributed by atoms with van der Waals surface area (Å²) in [7, 11) is 0. The fraction of sp³-hybridized carbons (Fsp3) is 0.533. The van der Waals surface area contributed by atoms with Gasteiger partial charge in [0.2, 0.25) is 0 Å². The number of aliphatic hydroxyl groups excluding tert-OH is 1. The first kappa shape index (κ1) is 16.5. The van der Waals surface area contributed by atoms with Gasteiger partial charge in [-0.05, 0) is 24.1 Å². The second-order valence-electron chi connectivity index (χ2n) is 5.28. The molecule has 0 amide bonds. The van der Waals surface area contributed by atoms with E-state index < -0.39 is 23.2 Å². The fourth-order valence-electron chi connectivity index (χ4n) is 2.26. The molecule has 7 heteroatoms. The van der Waals surface area contributed by atoms with Gasteiger partial charge in [0, 0.05) is 18.1 Å². The standard InChI is InChI=1S/C15H19NO6/c1-10(13(17)9-14-21-7-2-8-22-14)15(18)11-3-5-12(6-4-11)16(19)20/h3-6,10,14-15,18H,2,7-9H2,1H3/t10-,15+/m1/s1. The van der Waals surface area contributed by atoms with Gasteiger partial charge in [-0.15, -0.1) is 0 Å². The quantitative estimate of drug-likeness (QED) is 0.637. The first-order valence-corrected chi connectivity index (χ1v) is 7.17. The molecule has 0 aromatic heterocycles. The van der Waals surface area contributed by atoms with E-state index in [0.29, 0.717) is 18.8 Å². The number of nitro benzene ring substituents is 1. The first-order chi connectivity index (χ1) is 10.5. The summed E-state index contributed by atoms with van der Waals surface area (Å²) in [5.74, 6) is -0.812. The molecule has 22 heavy (non-hydrogen) atoms. The summed E-state index contributed by atoms with van der Waals surface area (Å²) < 4.78 is 10.7. The van der Waals surface area contributed by atoms with Crippen molar-refractivity contribution < 1.29 is 24.3 Å². The topological polar surface area (TPSA) is 98.9 Å². The molecule has 1 aromatic rings. The molecule has 0 radical (unpaired) electrons. The van der Waals surface area contributed by atoms with E-state index in [-0.39, 0.29) is 17.9 Å². The number of hydrogen-bond donors (Lipinski definition) is 1. The third-order valence-corrected chi connectivity index (χ3v) is 3.69. The van der Waals surface area contributed by atoms with E-state index in [4.69, 9.17) is 9.47 Å². The van der Waals surface area contributed by atoms with Gasteiger partial charge < -0.3 is 14.6 Å². The van der Waals surface area contributed by atoms with Gasteiger partial charge in [-0.1, -0.05) is 6.92 Å². The van der Waals surface area contributed by atoms with Crippen LogP contribution in [0.2, 0.25) is 0 Å². The number of ketones is 1. The third kappa shape index (κ3) is 4.09. The Morgan fingerprint density at radius 3 is 2.50 bits per heavy atom. The maximum Gasteiger partial charge on any atom is 0.269 e. The molecule has 1 fully saturated rings. The summed E-state index contributed by atoms with van der Waals surface area (Å²) in [6.07, 6.45) is -0.665. The van der Waals surface area contributed by atoms with Crippen molar-refractivity contribution in [3.63, 3.8) is 0 Å². The van der Waals surface area contributed by atoms with Crippen LogP contribution < -0.4 is 0 Å². The largest absolute Gasteiger partial charge is 0.388 e. The van der Waals surface area contributed by atoms with Crippen LogP contribution in [0.1, 0.15) is 31.4 Å². The predicted molar refractivity (Wildman–Crippen MR) is 77.2 cm³/mol. The molecule has 1 aromatic carbocycles. The van der Waals surface area contributed by atoms with Gasteiger partial charge in [-0.25, -0.2) is 0 Å². The summed E-state index contributed by atoms with van der Waals surface area (Å²) >= 11 is 0. The van der Waals surface area contributed by atoms with Crippen molar-refractivity contribution in [3.05, 3.63) is 39.9 Å². The molecule has 0 unspecified atom stereocenters. The van der Waals surface area contributed by atoms with E-state index in [1.807, 2.05) is 0 Å². The first-order valence-electron chi connectivity index (χ1n) is 7.17. The smallest absolute Gasteiger partial charge is 0.269 e. The van der Waals surface area contributed by atoms with Gasteiger partial charge in [-0.3, -0.25) is 14.9 Å². The Hall–Kier alpha value is -1.83. The van der Waals surface area contributed by atoms with Crippen LogP contribution in [-0.2, 0) is 14.3 Å². The second kappa shape index (κ2) is 7.44. The Bertz CT molecular complexity index is 523. The molecule has 120 valence electrons. The summed E-state index contributed by atoms with van der Waals surface area (Å²) in [6.45, 7) is 2.76. The number of nitrogens with zero attached hydrogens (tertiary/aromatic N) is 1. The van der Waals surface area contributed by atoms with E-state index in [1.165, 1.54) is 24.3 Å². The van der Waals surface area contributed by atoms with Gasteiger partial charge in [0.15, 0.2) is 6.29 Å². The van der Waals surface area contributed by atoms with Crippen LogP contribution in [0.4, 0.5) is 5.69 Å². The van der Waals surface area contributed by atoms with Crippen LogP contribution in [0, 0.1) is 16.0 Å². The van der Waals surface area contributed by atoms with E-state index in [1.54, 1.807) is 6.92 Å². The van der Waals surface area contributed by atoms with E-state index in [9.17, 15) is 20.0 Å². The minimum Gasteiger partial charge on any atom is -0.388 e. The van der Waals surface area contributed by atoms with Crippen LogP contribution in [0.5, 0.6) is 0 Å². The van der Waals surface area contributed by atoms with Crippen molar-refractivity contribution in [2.45, 2.75) is 32.2 Å². The number of aliphatic hydroxyl groups is 1. The van der Waals surface area contributed by atoms with Gasteiger partial charge >= 0.3 is 0 Å². The van der Waals surface area contributed by atoms with Crippen molar-refractivity contribution in [2.24, 2.45) is 5.92 Å². The van der Waals surface area contributed by atoms with E-state index in [0.717, 1.165) is 6.42 Å². The molecule has 0 bridgehead atoms. The number of carbonyl (C=O) groups excluding carboxylic acids is 1. The van der Waals surface area contributed by atoms with Gasteiger partial charge in [0.05, 0.1) is 30.7 Å². The summed E-state index contributed by atoms with van der Waals surface area (Å²) in [5, 5.41) is 20.9. The minimum atomic E-state index is -1.02. The summed E-state index contributed by atoms with van der Waals surface area (Å²) in [5.41, 5.74) is 0.413. The lowest BCUT2D eigenvalue weighted by Gasteiger charge is -2.25. The van der Waals surface area contributed by atoms with Gasteiger partial charge in [-0.2, -0.15) is 0 Å². The molecule has 0 spiro atoms. The van der Waals surface area contributed by atoms with Gasteiger partial charge in [0.1, 0.15) is 5.78 Å². The number of rotatable bonds is 6. The average Bonchev–Trinajstić information content (AvgIpc) is 2.54. The Kier molecular flexibility index (Phi) is 5.59. The molecule has 1 N–H and O–H groups in total. The summed E-state index contributed by atoms with van der Waals surface area (Å²) in [4.78, 5) is 22.3. The molecule has 2 rings (SSSR count). The maximum absolute atomic E-state index is 12.2. The highest BCUT2D eigenvalue weighted by molar-refractivity contribution is 5.81. The number of nitro groups is 1. The summed E-state index contributed by atoms with van der Waals surface area (Å²) in [6, 6.07) is 5.53. The molecule has 1 heterocycles. The Labute approximate surface area is 128 Å². The molecule has 2 atom stereocenters. The fourth-order valence-corrected chi connectivity index (χ4v) is 2.26. The van der Waals surface area contributed by atoms with Gasteiger partial charge in [0.25, 0.3) is 5.69 Å². The normalized spacial score (nSPS) is 18.6.